The smallest absolute Gasteiger partial charge is 0.478 e. The summed E-state index contributed by atoms with van der Waals surface area (Å²) < 4.78 is 11.7. The Morgan fingerprint density at radius 1 is 1.21 bits per heavy atom. The van der Waals surface area contributed by atoms with Crippen LogP contribution in [-0.4, -0.2) is 29.4 Å². The lowest BCUT2D eigenvalue weighted by Crippen LogP contribution is -2.41. The van der Waals surface area contributed by atoms with E-state index in [0.29, 0.717) is 11.2 Å². The van der Waals surface area contributed by atoms with E-state index in [0.717, 1.165) is 0 Å². The molecule has 1 heterocycles. The third kappa shape index (κ3) is 2.33. The van der Waals surface area contributed by atoms with E-state index < -0.39 is 24.3 Å². The Kier molecular flexibility index (Phi) is 3.11. The van der Waals surface area contributed by atoms with Crippen molar-refractivity contribution < 1.29 is 19.2 Å². The number of rotatable bonds is 2. The molecule has 3 N–H and O–H groups in total. The molecule has 1 aliphatic rings. The summed E-state index contributed by atoms with van der Waals surface area (Å²) in [6.45, 7) is 7.67. The third-order valence-electron chi connectivity index (χ3n) is 3.81. The van der Waals surface area contributed by atoms with Gasteiger partial charge in [0, 0.05) is 5.69 Å². The lowest BCUT2D eigenvalue weighted by Gasteiger charge is -2.32. The van der Waals surface area contributed by atoms with Gasteiger partial charge in [-0.05, 0) is 51.4 Å². The largest absolute Gasteiger partial charge is 0.495 e. The highest BCUT2D eigenvalue weighted by Crippen LogP contribution is 2.36. The second kappa shape index (κ2) is 4.25. The van der Waals surface area contributed by atoms with Crippen LogP contribution in [0.3, 0.4) is 0 Å². The van der Waals surface area contributed by atoms with Gasteiger partial charge in [-0.2, -0.15) is 0 Å². The van der Waals surface area contributed by atoms with E-state index in [9.17, 15) is 9.90 Å². The van der Waals surface area contributed by atoms with Crippen molar-refractivity contribution in [2.45, 2.75) is 38.9 Å². The summed E-state index contributed by atoms with van der Waals surface area (Å²) in [5.74, 6) is -1.02. The van der Waals surface area contributed by atoms with Gasteiger partial charge in [-0.3, -0.25) is 0 Å². The molecule has 0 saturated carbocycles. The predicted molar refractivity (Wildman–Crippen MR) is 73.5 cm³/mol. The molecule has 5 nitrogen and oxygen atoms in total. The van der Waals surface area contributed by atoms with Crippen molar-refractivity contribution in [3.05, 3.63) is 23.8 Å². The second-order valence-electron chi connectivity index (χ2n) is 5.74. The van der Waals surface area contributed by atoms with E-state index in [1.165, 1.54) is 6.07 Å². The summed E-state index contributed by atoms with van der Waals surface area (Å²) in [5, 5.41) is 9.23. The van der Waals surface area contributed by atoms with Crippen molar-refractivity contribution >= 4 is 24.2 Å². The number of carboxylic acid groups (broad SMARTS) is 1. The Hall–Kier alpha value is -1.53. The van der Waals surface area contributed by atoms with Gasteiger partial charge in [0.2, 0.25) is 0 Å². The molecule has 0 bridgehead atoms. The van der Waals surface area contributed by atoms with Crippen LogP contribution in [-0.2, 0) is 9.31 Å². The summed E-state index contributed by atoms with van der Waals surface area (Å²) >= 11 is 0. The van der Waals surface area contributed by atoms with Crippen molar-refractivity contribution in [2.24, 2.45) is 0 Å². The van der Waals surface area contributed by atoms with Crippen LogP contribution in [0.15, 0.2) is 18.2 Å². The molecule has 0 amide bonds. The molecular weight excluding hydrogens is 245 g/mol. The average Bonchev–Trinajstić information content (AvgIpc) is 2.47. The van der Waals surface area contributed by atoms with Crippen LogP contribution in [0.1, 0.15) is 38.1 Å². The maximum Gasteiger partial charge on any atom is 0.495 e. The quantitative estimate of drug-likeness (QED) is 0.620. The molecule has 0 spiro atoms. The van der Waals surface area contributed by atoms with Gasteiger partial charge in [0.25, 0.3) is 0 Å². The number of carboxylic acids is 1. The van der Waals surface area contributed by atoms with E-state index in [-0.39, 0.29) is 5.56 Å². The molecule has 1 aromatic rings. The molecule has 19 heavy (non-hydrogen) atoms. The zero-order valence-corrected chi connectivity index (χ0v) is 11.6. The Morgan fingerprint density at radius 2 is 1.74 bits per heavy atom. The monoisotopic (exact) mass is 263 g/mol. The minimum absolute atomic E-state index is 0.146. The Labute approximate surface area is 112 Å². The first-order chi connectivity index (χ1) is 8.64. The first kappa shape index (κ1) is 13.9. The van der Waals surface area contributed by atoms with Gasteiger partial charge in [-0.1, -0.05) is 0 Å². The van der Waals surface area contributed by atoms with E-state index in [1.807, 2.05) is 27.7 Å². The normalized spacial score (nSPS) is 20.5. The van der Waals surface area contributed by atoms with E-state index >= 15 is 0 Å². The molecule has 1 fully saturated rings. The first-order valence-corrected chi connectivity index (χ1v) is 6.12. The Balaban J connectivity index is 2.44. The first-order valence-electron chi connectivity index (χ1n) is 6.12. The number of carbonyl (C=O) groups is 1. The number of nitrogens with two attached hydrogens (primary N) is 1. The molecule has 1 aromatic carbocycles. The molecule has 0 radical (unpaired) electrons. The van der Waals surface area contributed by atoms with Crippen LogP contribution in [0.4, 0.5) is 5.69 Å². The van der Waals surface area contributed by atoms with Crippen molar-refractivity contribution in [3.63, 3.8) is 0 Å². The molecular formula is C13H18BNO4. The van der Waals surface area contributed by atoms with Crippen molar-refractivity contribution in [2.75, 3.05) is 5.73 Å². The second-order valence-corrected chi connectivity index (χ2v) is 5.74. The number of hydrogen-bond donors (Lipinski definition) is 2. The molecule has 0 unspecified atom stereocenters. The zero-order chi connectivity index (χ0) is 14.4. The van der Waals surface area contributed by atoms with Crippen molar-refractivity contribution in [1.29, 1.82) is 0 Å². The van der Waals surface area contributed by atoms with Crippen LogP contribution in [0, 0.1) is 0 Å². The van der Waals surface area contributed by atoms with Crippen LogP contribution in [0.2, 0.25) is 0 Å². The summed E-state index contributed by atoms with van der Waals surface area (Å²) in [5.41, 5.74) is 5.77. The van der Waals surface area contributed by atoms with Crippen LogP contribution >= 0.6 is 0 Å². The van der Waals surface area contributed by atoms with Crippen molar-refractivity contribution in [1.82, 2.24) is 0 Å². The van der Waals surface area contributed by atoms with Crippen LogP contribution < -0.4 is 11.2 Å². The number of anilines is 1. The highest BCUT2D eigenvalue weighted by Gasteiger charge is 2.52. The molecule has 1 saturated heterocycles. The topological polar surface area (TPSA) is 81.8 Å². The minimum Gasteiger partial charge on any atom is -0.478 e. The summed E-state index contributed by atoms with van der Waals surface area (Å²) in [6, 6.07) is 4.61. The van der Waals surface area contributed by atoms with Gasteiger partial charge in [-0.25, -0.2) is 4.79 Å². The van der Waals surface area contributed by atoms with Gasteiger partial charge in [0.15, 0.2) is 0 Å². The zero-order valence-electron chi connectivity index (χ0n) is 11.6. The molecule has 1 aliphatic heterocycles. The fourth-order valence-corrected chi connectivity index (χ4v) is 1.94. The predicted octanol–water partition coefficient (Wildman–Crippen LogP) is 1.27. The summed E-state index contributed by atoms with van der Waals surface area (Å²) in [6.07, 6.45) is 0. The SMILES string of the molecule is CC1(C)OB(c2cc(N)ccc2C(=O)O)OC1(C)C. The van der Waals surface area contributed by atoms with Crippen LogP contribution in [0.5, 0.6) is 0 Å². The average molecular weight is 263 g/mol. The lowest BCUT2D eigenvalue weighted by molar-refractivity contribution is 0.00578. The Bertz CT molecular complexity index is 511. The summed E-state index contributed by atoms with van der Waals surface area (Å²) in [4.78, 5) is 11.3. The third-order valence-corrected chi connectivity index (χ3v) is 3.81. The highest BCUT2D eigenvalue weighted by atomic mass is 16.7. The molecule has 0 atom stereocenters. The standard InChI is InChI=1S/C13H18BNO4/c1-12(2)13(3,4)19-14(18-12)10-7-8(15)5-6-9(10)11(16)17/h5-7H,15H2,1-4H3,(H,16,17). The van der Waals surface area contributed by atoms with Gasteiger partial charge in [-0.15, -0.1) is 0 Å². The number of aromatic carboxylic acids is 1. The molecule has 2 rings (SSSR count). The number of benzene rings is 1. The number of hydrogen-bond acceptors (Lipinski definition) is 4. The maximum absolute atomic E-state index is 11.3. The van der Waals surface area contributed by atoms with Gasteiger partial charge in [0.05, 0.1) is 16.8 Å². The fraction of sp³-hybridized carbons (Fsp3) is 0.462. The minimum atomic E-state index is -1.02. The van der Waals surface area contributed by atoms with Crippen molar-refractivity contribution in [3.8, 4) is 0 Å². The Morgan fingerprint density at radius 3 is 2.21 bits per heavy atom. The molecule has 0 aliphatic carbocycles. The maximum atomic E-state index is 11.3. The van der Waals surface area contributed by atoms with Gasteiger partial charge >= 0.3 is 13.1 Å². The van der Waals surface area contributed by atoms with E-state index in [1.54, 1.807) is 12.1 Å². The molecule has 0 aromatic heterocycles. The summed E-state index contributed by atoms with van der Waals surface area (Å²) in [7, 11) is -0.723. The van der Waals surface area contributed by atoms with Gasteiger partial charge < -0.3 is 20.1 Å². The van der Waals surface area contributed by atoms with Crippen LogP contribution in [0.25, 0.3) is 0 Å². The highest BCUT2D eigenvalue weighted by molar-refractivity contribution is 6.63. The number of nitrogen functional groups attached to an aromatic ring is 1. The lowest BCUT2D eigenvalue weighted by atomic mass is 9.75. The molecule has 6 heteroatoms. The van der Waals surface area contributed by atoms with E-state index in [2.05, 4.69) is 0 Å². The van der Waals surface area contributed by atoms with Gasteiger partial charge in [0.1, 0.15) is 0 Å². The van der Waals surface area contributed by atoms with E-state index in [4.69, 9.17) is 15.0 Å². The fourth-order valence-electron chi connectivity index (χ4n) is 1.94. The molecule has 102 valence electrons.